The van der Waals surface area contributed by atoms with Crippen molar-refractivity contribution in [2.75, 3.05) is 32.2 Å². The molecule has 2 aromatic rings. The van der Waals surface area contributed by atoms with Crippen molar-refractivity contribution in [3.8, 4) is 11.5 Å². The average Bonchev–Trinajstić information content (AvgIpc) is 2.71. The molecule has 2 aromatic carbocycles. The molecule has 5 nitrogen and oxygen atoms in total. The molecule has 0 atom stereocenters. The number of urea groups is 1. The SMILES string of the molecule is COc1cc2c(cc1OC)CN(C(=O)N1CCCc3ccccc31)CC2. The highest BCUT2D eigenvalue weighted by Crippen LogP contribution is 2.34. The molecule has 5 heteroatoms. The van der Waals surface area contributed by atoms with Gasteiger partial charge < -0.3 is 14.4 Å². The standard InChI is InChI=1S/C21H24N2O3/c1-25-19-12-16-9-11-22(14-17(16)13-20(19)26-2)21(24)23-10-5-7-15-6-3-4-8-18(15)23/h3-4,6,8,12-13H,5,7,9-11,14H2,1-2H3. The monoisotopic (exact) mass is 352 g/mol. The molecule has 0 fully saturated rings. The largest absolute Gasteiger partial charge is 0.493 e. The van der Waals surface area contributed by atoms with Crippen LogP contribution in [-0.4, -0.2) is 38.2 Å². The number of benzene rings is 2. The highest BCUT2D eigenvalue weighted by Gasteiger charge is 2.29. The summed E-state index contributed by atoms with van der Waals surface area (Å²) in [5.74, 6) is 1.46. The van der Waals surface area contributed by atoms with Gasteiger partial charge in [0.2, 0.25) is 0 Å². The highest BCUT2D eigenvalue weighted by molar-refractivity contribution is 5.93. The summed E-state index contributed by atoms with van der Waals surface area (Å²) in [7, 11) is 3.29. The second-order valence-electron chi connectivity index (χ2n) is 6.81. The molecule has 0 radical (unpaired) electrons. The maximum absolute atomic E-state index is 13.2. The molecule has 0 aromatic heterocycles. The molecule has 0 unspecified atom stereocenters. The van der Waals surface area contributed by atoms with E-state index in [-0.39, 0.29) is 6.03 Å². The van der Waals surface area contributed by atoms with Crippen LogP contribution < -0.4 is 14.4 Å². The van der Waals surface area contributed by atoms with Crippen molar-refractivity contribution in [1.29, 1.82) is 0 Å². The minimum Gasteiger partial charge on any atom is -0.493 e. The third-order valence-electron chi connectivity index (χ3n) is 5.33. The van der Waals surface area contributed by atoms with Gasteiger partial charge in [-0.25, -0.2) is 4.79 Å². The van der Waals surface area contributed by atoms with Crippen LogP contribution in [0, 0.1) is 0 Å². The fourth-order valence-corrected chi connectivity index (χ4v) is 3.95. The number of anilines is 1. The lowest BCUT2D eigenvalue weighted by atomic mass is 9.98. The van der Waals surface area contributed by atoms with Gasteiger partial charge in [-0.1, -0.05) is 18.2 Å². The van der Waals surface area contributed by atoms with Gasteiger partial charge >= 0.3 is 6.03 Å². The summed E-state index contributed by atoms with van der Waals surface area (Å²) in [5, 5.41) is 0. The fraction of sp³-hybridized carbons (Fsp3) is 0.381. The molecule has 0 saturated heterocycles. The summed E-state index contributed by atoms with van der Waals surface area (Å²) in [6.45, 7) is 2.11. The van der Waals surface area contributed by atoms with Gasteiger partial charge in [0, 0.05) is 25.3 Å². The van der Waals surface area contributed by atoms with Crippen molar-refractivity contribution in [2.24, 2.45) is 0 Å². The van der Waals surface area contributed by atoms with Gasteiger partial charge in [-0.2, -0.15) is 0 Å². The number of aryl methyl sites for hydroxylation is 1. The number of para-hydroxylation sites is 1. The van der Waals surface area contributed by atoms with Crippen molar-refractivity contribution in [3.63, 3.8) is 0 Å². The van der Waals surface area contributed by atoms with Gasteiger partial charge in [0.1, 0.15) is 0 Å². The summed E-state index contributed by atoms with van der Waals surface area (Å²) in [4.78, 5) is 17.1. The van der Waals surface area contributed by atoms with E-state index in [1.807, 2.05) is 34.1 Å². The molecular weight excluding hydrogens is 328 g/mol. The number of fused-ring (bicyclic) bond motifs is 2. The summed E-state index contributed by atoms with van der Waals surface area (Å²) >= 11 is 0. The number of nitrogens with zero attached hydrogens (tertiary/aromatic N) is 2. The van der Waals surface area contributed by atoms with Crippen molar-refractivity contribution >= 4 is 11.7 Å². The van der Waals surface area contributed by atoms with E-state index in [1.165, 1.54) is 11.1 Å². The Hall–Kier alpha value is -2.69. The third-order valence-corrected chi connectivity index (χ3v) is 5.33. The predicted octanol–water partition coefficient (Wildman–Crippen LogP) is 3.63. The van der Waals surface area contributed by atoms with E-state index < -0.39 is 0 Å². The van der Waals surface area contributed by atoms with Crippen LogP contribution in [0.3, 0.4) is 0 Å². The van der Waals surface area contributed by atoms with E-state index in [0.29, 0.717) is 12.3 Å². The first-order valence-electron chi connectivity index (χ1n) is 9.09. The number of amides is 2. The molecule has 2 aliphatic rings. The molecule has 136 valence electrons. The number of methoxy groups -OCH3 is 2. The van der Waals surface area contributed by atoms with E-state index in [9.17, 15) is 4.79 Å². The minimum absolute atomic E-state index is 0.0950. The van der Waals surface area contributed by atoms with Crippen molar-refractivity contribution < 1.29 is 14.3 Å². The second kappa shape index (κ2) is 6.90. The maximum atomic E-state index is 13.2. The normalized spacial score (nSPS) is 15.9. The lowest BCUT2D eigenvalue weighted by molar-refractivity contribution is 0.198. The molecular formula is C21H24N2O3. The van der Waals surface area contributed by atoms with Crippen LogP contribution in [-0.2, 0) is 19.4 Å². The fourth-order valence-electron chi connectivity index (χ4n) is 3.95. The molecule has 4 rings (SSSR count). The van der Waals surface area contributed by atoms with E-state index in [4.69, 9.17) is 9.47 Å². The zero-order valence-corrected chi connectivity index (χ0v) is 15.3. The van der Waals surface area contributed by atoms with Gasteiger partial charge in [-0.05, 0) is 54.2 Å². The zero-order chi connectivity index (χ0) is 18.1. The van der Waals surface area contributed by atoms with Gasteiger partial charge in [0.05, 0.1) is 14.2 Å². The molecule has 0 bridgehead atoms. The summed E-state index contributed by atoms with van der Waals surface area (Å²) in [5.41, 5.74) is 4.68. The number of carbonyl (C=O) groups excluding carboxylic acids is 1. The zero-order valence-electron chi connectivity index (χ0n) is 15.3. The second-order valence-corrected chi connectivity index (χ2v) is 6.81. The van der Waals surface area contributed by atoms with Gasteiger partial charge in [-0.3, -0.25) is 4.90 Å². The molecule has 2 heterocycles. The molecule has 2 amide bonds. The lowest BCUT2D eigenvalue weighted by Crippen LogP contribution is -2.47. The van der Waals surface area contributed by atoms with E-state index in [1.54, 1.807) is 14.2 Å². The number of carbonyl (C=O) groups is 1. The molecule has 0 spiro atoms. The van der Waals surface area contributed by atoms with Crippen LogP contribution >= 0.6 is 0 Å². The van der Waals surface area contributed by atoms with Crippen LogP contribution in [0.1, 0.15) is 23.1 Å². The topological polar surface area (TPSA) is 42.0 Å². The van der Waals surface area contributed by atoms with E-state index >= 15 is 0 Å². The maximum Gasteiger partial charge on any atom is 0.324 e. The van der Waals surface area contributed by atoms with Crippen LogP contribution in [0.25, 0.3) is 0 Å². The average molecular weight is 352 g/mol. The Kier molecular flexibility index (Phi) is 4.45. The first-order chi connectivity index (χ1) is 12.7. The summed E-state index contributed by atoms with van der Waals surface area (Å²) in [6, 6.07) is 12.4. The number of ether oxygens (including phenoxy) is 2. The van der Waals surface area contributed by atoms with Crippen LogP contribution in [0.4, 0.5) is 10.5 Å². The quantitative estimate of drug-likeness (QED) is 0.829. The van der Waals surface area contributed by atoms with E-state index in [2.05, 4.69) is 12.1 Å². The van der Waals surface area contributed by atoms with Gasteiger partial charge in [0.25, 0.3) is 0 Å². The molecule has 26 heavy (non-hydrogen) atoms. The van der Waals surface area contributed by atoms with Gasteiger partial charge in [-0.15, -0.1) is 0 Å². The summed E-state index contributed by atoms with van der Waals surface area (Å²) < 4.78 is 10.8. The first-order valence-corrected chi connectivity index (χ1v) is 9.09. The Bertz CT molecular complexity index is 834. The van der Waals surface area contributed by atoms with Crippen LogP contribution in [0.15, 0.2) is 36.4 Å². The van der Waals surface area contributed by atoms with Crippen LogP contribution in [0.5, 0.6) is 11.5 Å². The Balaban J connectivity index is 1.59. The first kappa shape index (κ1) is 16.8. The number of hydrogen-bond acceptors (Lipinski definition) is 3. The smallest absolute Gasteiger partial charge is 0.324 e. The molecule has 0 aliphatic carbocycles. The van der Waals surface area contributed by atoms with Crippen LogP contribution in [0.2, 0.25) is 0 Å². The molecule has 0 saturated carbocycles. The Morgan fingerprint density at radius 3 is 2.42 bits per heavy atom. The molecule has 0 N–H and O–H groups in total. The van der Waals surface area contributed by atoms with Crippen molar-refractivity contribution in [2.45, 2.75) is 25.8 Å². The third kappa shape index (κ3) is 2.87. The van der Waals surface area contributed by atoms with Gasteiger partial charge in [0.15, 0.2) is 11.5 Å². The van der Waals surface area contributed by atoms with Crippen molar-refractivity contribution in [3.05, 3.63) is 53.1 Å². The molecule has 2 aliphatic heterocycles. The predicted molar refractivity (Wildman–Crippen MR) is 101 cm³/mol. The minimum atomic E-state index is 0.0950. The number of hydrogen-bond donors (Lipinski definition) is 0. The van der Waals surface area contributed by atoms with E-state index in [0.717, 1.165) is 49.4 Å². The lowest BCUT2D eigenvalue weighted by Gasteiger charge is -2.36. The Morgan fingerprint density at radius 2 is 1.65 bits per heavy atom. The number of rotatable bonds is 2. The summed E-state index contributed by atoms with van der Waals surface area (Å²) in [6.07, 6.45) is 2.88. The van der Waals surface area contributed by atoms with Crippen molar-refractivity contribution in [1.82, 2.24) is 4.90 Å². The highest BCUT2D eigenvalue weighted by atomic mass is 16.5. The Labute approximate surface area is 154 Å². The Morgan fingerprint density at radius 1 is 0.923 bits per heavy atom.